The number of H-pyrrole nitrogens is 1. The molecule has 3 rings (SSSR count). The predicted octanol–water partition coefficient (Wildman–Crippen LogP) is 3.04. The Balaban J connectivity index is 1.78. The summed E-state index contributed by atoms with van der Waals surface area (Å²) in [6.07, 6.45) is 4.15. The van der Waals surface area contributed by atoms with Crippen molar-refractivity contribution in [2.24, 2.45) is 5.10 Å². The molecule has 2 aromatic carbocycles. The van der Waals surface area contributed by atoms with Crippen LogP contribution in [0.4, 0.5) is 0 Å². The van der Waals surface area contributed by atoms with Crippen molar-refractivity contribution in [3.63, 3.8) is 0 Å². The van der Waals surface area contributed by atoms with Crippen molar-refractivity contribution >= 4 is 27.1 Å². The molecule has 3 aromatic rings. The van der Waals surface area contributed by atoms with E-state index >= 15 is 0 Å². The molecule has 0 aliphatic carbocycles. The van der Waals surface area contributed by atoms with Gasteiger partial charge in [-0.1, -0.05) is 37.3 Å². The number of aryl methyl sites for hydroxylation is 1. The molecule has 0 atom stereocenters. The maximum atomic E-state index is 12.2. The van der Waals surface area contributed by atoms with Crippen molar-refractivity contribution in [3.8, 4) is 0 Å². The zero-order valence-corrected chi connectivity index (χ0v) is 13.5. The molecule has 1 heterocycles. The summed E-state index contributed by atoms with van der Waals surface area (Å²) in [5.41, 5.74) is 2.89. The molecule has 118 valence electrons. The van der Waals surface area contributed by atoms with Gasteiger partial charge in [0.25, 0.3) is 10.0 Å². The fraction of sp³-hybridized carbons (Fsp3) is 0.118. The van der Waals surface area contributed by atoms with Gasteiger partial charge in [0.2, 0.25) is 0 Å². The number of hydrazone groups is 1. The normalized spacial score (nSPS) is 12.0. The highest BCUT2D eigenvalue weighted by molar-refractivity contribution is 7.89. The first-order valence-corrected chi connectivity index (χ1v) is 8.78. The highest BCUT2D eigenvalue weighted by Crippen LogP contribution is 2.16. The smallest absolute Gasteiger partial charge is 0.276 e. The molecule has 0 bridgehead atoms. The second-order valence-corrected chi connectivity index (χ2v) is 6.80. The second kappa shape index (κ2) is 6.26. The number of hydrogen-bond acceptors (Lipinski definition) is 3. The monoisotopic (exact) mass is 327 g/mol. The first kappa shape index (κ1) is 15.3. The third-order valence-electron chi connectivity index (χ3n) is 3.64. The van der Waals surface area contributed by atoms with Crippen LogP contribution in [0.1, 0.15) is 18.1 Å². The number of hydrogen-bond donors (Lipinski definition) is 2. The molecule has 0 amide bonds. The SMILES string of the molecule is CCc1ccc(S(=O)(=O)NN=Cc2c[nH]c3ccccc23)cc1. The van der Waals surface area contributed by atoms with Gasteiger partial charge >= 0.3 is 0 Å². The van der Waals surface area contributed by atoms with E-state index in [-0.39, 0.29) is 4.90 Å². The molecule has 1 aromatic heterocycles. The molecule has 0 saturated carbocycles. The number of nitrogens with zero attached hydrogens (tertiary/aromatic N) is 1. The number of aromatic amines is 1. The van der Waals surface area contributed by atoms with Gasteiger partial charge in [-0.2, -0.15) is 13.5 Å². The Morgan fingerprint density at radius 3 is 2.61 bits per heavy atom. The molecular formula is C17H17N3O2S. The van der Waals surface area contributed by atoms with Gasteiger partial charge in [-0.05, 0) is 30.2 Å². The molecule has 5 nitrogen and oxygen atoms in total. The number of benzene rings is 2. The van der Waals surface area contributed by atoms with Gasteiger partial charge in [0.05, 0.1) is 11.1 Å². The Morgan fingerprint density at radius 2 is 1.87 bits per heavy atom. The molecule has 0 spiro atoms. The largest absolute Gasteiger partial charge is 0.361 e. The Labute approximate surface area is 135 Å². The summed E-state index contributed by atoms with van der Waals surface area (Å²) < 4.78 is 24.4. The van der Waals surface area contributed by atoms with Crippen molar-refractivity contribution < 1.29 is 8.42 Å². The lowest BCUT2D eigenvalue weighted by molar-refractivity contribution is 0.584. The number of nitrogens with one attached hydrogen (secondary N) is 2. The molecular weight excluding hydrogens is 310 g/mol. The van der Waals surface area contributed by atoms with E-state index in [4.69, 9.17) is 0 Å². The number of sulfonamides is 1. The fourth-order valence-corrected chi connectivity index (χ4v) is 3.11. The van der Waals surface area contributed by atoms with Crippen LogP contribution in [0.25, 0.3) is 10.9 Å². The first-order chi connectivity index (χ1) is 11.1. The van der Waals surface area contributed by atoms with E-state index in [1.807, 2.05) is 31.2 Å². The summed E-state index contributed by atoms with van der Waals surface area (Å²) in [5.74, 6) is 0. The van der Waals surface area contributed by atoms with Gasteiger partial charge in [-0.15, -0.1) is 0 Å². The minimum atomic E-state index is -3.65. The van der Waals surface area contributed by atoms with Crippen molar-refractivity contribution in [2.45, 2.75) is 18.2 Å². The van der Waals surface area contributed by atoms with Crippen LogP contribution >= 0.6 is 0 Å². The summed E-state index contributed by atoms with van der Waals surface area (Å²) in [5, 5.41) is 4.86. The van der Waals surface area contributed by atoms with Crippen LogP contribution in [0.15, 0.2) is 64.7 Å². The van der Waals surface area contributed by atoms with Crippen LogP contribution in [-0.4, -0.2) is 19.6 Å². The van der Waals surface area contributed by atoms with E-state index in [1.54, 1.807) is 30.5 Å². The van der Waals surface area contributed by atoms with Gasteiger partial charge in [-0.25, -0.2) is 4.83 Å². The Kier molecular flexibility index (Phi) is 4.16. The molecule has 0 radical (unpaired) electrons. The van der Waals surface area contributed by atoms with E-state index in [0.29, 0.717) is 0 Å². The van der Waals surface area contributed by atoms with Crippen molar-refractivity contribution in [3.05, 3.63) is 65.9 Å². The van der Waals surface area contributed by atoms with E-state index in [9.17, 15) is 8.42 Å². The second-order valence-electron chi connectivity index (χ2n) is 5.14. The van der Waals surface area contributed by atoms with Gasteiger partial charge in [0.1, 0.15) is 0 Å². The van der Waals surface area contributed by atoms with Crippen molar-refractivity contribution in [1.82, 2.24) is 9.82 Å². The standard InChI is InChI=1S/C17H17N3O2S/c1-2-13-7-9-15(10-8-13)23(21,22)20-19-12-14-11-18-17-6-4-3-5-16(14)17/h3-12,18,20H,2H2,1H3. The lowest BCUT2D eigenvalue weighted by atomic mass is 10.2. The Morgan fingerprint density at radius 1 is 1.13 bits per heavy atom. The van der Waals surface area contributed by atoms with Gasteiger partial charge in [0.15, 0.2) is 0 Å². The van der Waals surface area contributed by atoms with E-state index in [1.165, 1.54) is 6.21 Å². The predicted molar refractivity (Wildman–Crippen MR) is 92.0 cm³/mol. The highest BCUT2D eigenvalue weighted by Gasteiger charge is 2.12. The van der Waals surface area contributed by atoms with E-state index in [2.05, 4.69) is 14.9 Å². The van der Waals surface area contributed by atoms with Gasteiger partial charge < -0.3 is 4.98 Å². The molecule has 0 unspecified atom stereocenters. The van der Waals surface area contributed by atoms with Crippen molar-refractivity contribution in [1.29, 1.82) is 0 Å². The quantitative estimate of drug-likeness (QED) is 0.558. The molecule has 0 aliphatic rings. The summed E-state index contributed by atoms with van der Waals surface area (Å²) in [7, 11) is -3.65. The number of aromatic nitrogens is 1. The number of para-hydroxylation sites is 1. The summed E-state index contributed by atoms with van der Waals surface area (Å²) in [6.45, 7) is 2.02. The van der Waals surface area contributed by atoms with Crippen LogP contribution in [0.3, 0.4) is 0 Å². The fourth-order valence-electron chi connectivity index (χ4n) is 2.32. The Bertz CT molecular complexity index is 941. The van der Waals surface area contributed by atoms with E-state index < -0.39 is 10.0 Å². The molecule has 6 heteroatoms. The summed E-state index contributed by atoms with van der Waals surface area (Å²) in [4.78, 5) is 5.55. The Hall–Kier alpha value is -2.60. The number of fused-ring (bicyclic) bond motifs is 1. The van der Waals surface area contributed by atoms with Crippen LogP contribution < -0.4 is 4.83 Å². The molecule has 23 heavy (non-hydrogen) atoms. The minimum absolute atomic E-state index is 0.200. The molecule has 0 saturated heterocycles. The van der Waals surface area contributed by atoms with Crippen LogP contribution in [0, 0.1) is 0 Å². The average Bonchev–Trinajstić information content (AvgIpc) is 2.98. The molecule has 2 N–H and O–H groups in total. The van der Waals surface area contributed by atoms with Gasteiger partial charge in [-0.3, -0.25) is 0 Å². The highest BCUT2D eigenvalue weighted by atomic mass is 32.2. The minimum Gasteiger partial charge on any atom is -0.361 e. The maximum Gasteiger partial charge on any atom is 0.276 e. The van der Waals surface area contributed by atoms with Crippen LogP contribution in [-0.2, 0) is 16.4 Å². The topological polar surface area (TPSA) is 74.3 Å². The van der Waals surface area contributed by atoms with E-state index in [0.717, 1.165) is 28.5 Å². The zero-order chi connectivity index (χ0) is 16.3. The maximum absolute atomic E-state index is 12.2. The van der Waals surface area contributed by atoms with Crippen LogP contribution in [0.5, 0.6) is 0 Å². The molecule has 0 fully saturated rings. The lowest BCUT2D eigenvalue weighted by Crippen LogP contribution is -2.18. The van der Waals surface area contributed by atoms with Gasteiger partial charge in [0, 0.05) is 22.7 Å². The van der Waals surface area contributed by atoms with Crippen LogP contribution in [0.2, 0.25) is 0 Å². The zero-order valence-electron chi connectivity index (χ0n) is 12.7. The summed E-state index contributed by atoms with van der Waals surface area (Å²) in [6, 6.07) is 14.5. The third-order valence-corrected chi connectivity index (χ3v) is 4.88. The number of rotatable bonds is 5. The summed E-state index contributed by atoms with van der Waals surface area (Å²) >= 11 is 0. The first-order valence-electron chi connectivity index (χ1n) is 7.30. The van der Waals surface area contributed by atoms with Crippen molar-refractivity contribution in [2.75, 3.05) is 0 Å². The third kappa shape index (κ3) is 3.27. The lowest BCUT2D eigenvalue weighted by Gasteiger charge is -2.04. The molecule has 0 aliphatic heterocycles. The average molecular weight is 327 g/mol.